The number of nitrogens with one attached hydrogen (secondary N) is 2. The molecular weight excluding hydrogens is 398 g/mol. The van der Waals surface area contributed by atoms with E-state index in [0.717, 1.165) is 41.5 Å². The summed E-state index contributed by atoms with van der Waals surface area (Å²) in [6.07, 6.45) is 4.24. The van der Waals surface area contributed by atoms with Crippen LogP contribution in [0.3, 0.4) is 0 Å². The molecule has 0 spiro atoms. The van der Waals surface area contributed by atoms with E-state index in [9.17, 15) is 14.4 Å². The molecule has 1 atom stereocenters. The van der Waals surface area contributed by atoms with E-state index in [1.54, 1.807) is 18.3 Å². The zero-order valence-electron chi connectivity index (χ0n) is 16.3. The Balaban J connectivity index is 1.59. The van der Waals surface area contributed by atoms with Crippen LogP contribution in [0.2, 0.25) is 0 Å². The third-order valence-electron chi connectivity index (χ3n) is 4.47. The molecule has 1 amide bonds. The van der Waals surface area contributed by atoms with E-state index in [1.165, 1.54) is 16.6 Å². The minimum atomic E-state index is -0.468. The maximum atomic E-state index is 12.5. The molecular formula is C19H25N3O4S2. The maximum Gasteiger partial charge on any atom is 0.319 e. The molecule has 3 rings (SSSR count). The number of hydrogen-bond acceptors (Lipinski definition) is 7. The minimum Gasteiger partial charge on any atom is -0.455 e. The first-order valence-electron chi connectivity index (χ1n) is 9.46. The molecule has 0 bridgehead atoms. The third-order valence-corrected chi connectivity index (χ3v) is 6.79. The van der Waals surface area contributed by atoms with Gasteiger partial charge in [0, 0.05) is 10.9 Å². The number of aryl methyl sites for hydroxylation is 2. The fraction of sp³-hybridized carbons (Fsp3) is 0.579. The number of thioether (sulfide) groups is 1. The largest absolute Gasteiger partial charge is 0.455 e. The Morgan fingerprint density at radius 3 is 2.79 bits per heavy atom. The molecule has 2 aromatic rings. The van der Waals surface area contributed by atoms with E-state index in [-0.39, 0.29) is 24.1 Å². The smallest absolute Gasteiger partial charge is 0.319 e. The van der Waals surface area contributed by atoms with Crippen LogP contribution in [-0.2, 0) is 32.9 Å². The molecule has 2 heterocycles. The van der Waals surface area contributed by atoms with Gasteiger partial charge in [0.25, 0.3) is 11.5 Å². The van der Waals surface area contributed by atoms with Crippen molar-refractivity contribution < 1.29 is 14.3 Å². The van der Waals surface area contributed by atoms with Crippen LogP contribution in [0.15, 0.2) is 4.79 Å². The van der Waals surface area contributed by atoms with E-state index in [0.29, 0.717) is 11.6 Å². The van der Waals surface area contributed by atoms with Crippen LogP contribution in [0, 0.1) is 0 Å². The van der Waals surface area contributed by atoms with Crippen molar-refractivity contribution in [1.29, 1.82) is 0 Å². The summed E-state index contributed by atoms with van der Waals surface area (Å²) < 4.78 is 5.04. The number of rotatable bonds is 7. The first-order chi connectivity index (χ1) is 13.3. The molecule has 28 heavy (non-hydrogen) atoms. The van der Waals surface area contributed by atoms with Gasteiger partial charge >= 0.3 is 5.97 Å². The Morgan fingerprint density at radius 1 is 1.29 bits per heavy atom. The molecule has 0 saturated heterocycles. The molecule has 1 aliphatic rings. The predicted octanol–water partition coefficient (Wildman–Crippen LogP) is 2.55. The van der Waals surface area contributed by atoms with E-state index in [1.807, 2.05) is 13.8 Å². The number of ether oxygens (including phenoxy) is 1. The number of esters is 1. The molecule has 2 aromatic heterocycles. The van der Waals surface area contributed by atoms with Gasteiger partial charge < -0.3 is 15.0 Å². The van der Waals surface area contributed by atoms with Crippen LogP contribution in [-0.4, -0.2) is 39.7 Å². The fourth-order valence-electron chi connectivity index (χ4n) is 3.17. The predicted molar refractivity (Wildman–Crippen MR) is 112 cm³/mol. The number of H-pyrrole nitrogens is 1. The SMILES string of the molecule is CC(C)NC(=O)COC(=O)[C@H](C)SCc1nc2sc3c(c2c(=O)[nH]1)CCCC3. The van der Waals surface area contributed by atoms with E-state index < -0.39 is 11.2 Å². The highest BCUT2D eigenvalue weighted by Gasteiger charge is 2.21. The number of fused-ring (bicyclic) bond motifs is 3. The average Bonchev–Trinajstić information content (AvgIpc) is 3.02. The van der Waals surface area contributed by atoms with E-state index in [4.69, 9.17) is 4.74 Å². The van der Waals surface area contributed by atoms with Crippen molar-refractivity contribution in [2.45, 2.75) is 63.5 Å². The summed E-state index contributed by atoms with van der Waals surface area (Å²) in [4.78, 5) is 45.7. The van der Waals surface area contributed by atoms with Gasteiger partial charge in [0.15, 0.2) is 6.61 Å². The summed E-state index contributed by atoms with van der Waals surface area (Å²) in [6.45, 7) is 5.11. The summed E-state index contributed by atoms with van der Waals surface area (Å²) in [5, 5.41) is 2.93. The van der Waals surface area contributed by atoms with Gasteiger partial charge in [0.2, 0.25) is 0 Å². The number of aromatic amines is 1. The molecule has 0 saturated carbocycles. The van der Waals surface area contributed by atoms with Crippen molar-refractivity contribution in [1.82, 2.24) is 15.3 Å². The van der Waals surface area contributed by atoms with Crippen LogP contribution in [0.5, 0.6) is 0 Å². The molecule has 2 N–H and O–H groups in total. The topological polar surface area (TPSA) is 101 Å². The maximum absolute atomic E-state index is 12.5. The molecule has 152 valence electrons. The molecule has 0 fully saturated rings. The lowest BCUT2D eigenvalue weighted by Crippen LogP contribution is -2.34. The van der Waals surface area contributed by atoms with Crippen molar-refractivity contribution in [2.75, 3.05) is 6.61 Å². The number of aromatic nitrogens is 2. The van der Waals surface area contributed by atoms with Gasteiger partial charge in [-0.05, 0) is 52.0 Å². The van der Waals surface area contributed by atoms with Gasteiger partial charge in [-0.3, -0.25) is 14.4 Å². The lowest BCUT2D eigenvalue weighted by atomic mass is 9.97. The summed E-state index contributed by atoms with van der Waals surface area (Å²) in [7, 11) is 0. The molecule has 7 nitrogen and oxygen atoms in total. The van der Waals surface area contributed by atoms with Crippen molar-refractivity contribution in [3.8, 4) is 0 Å². The van der Waals surface area contributed by atoms with Crippen molar-refractivity contribution in [3.63, 3.8) is 0 Å². The molecule has 0 aromatic carbocycles. The second kappa shape index (κ2) is 9.09. The summed E-state index contributed by atoms with van der Waals surface area (Å²) in [5.41, 5.74) is 1.07. The minimum absolute atomic E-state index is 0.00117. The number of carbonyl (C=O) groups excluding carboxylic acids is 2. The van der Waals surface area contributed by atoms with Gasteiger partial charge in [-0.2, -0.15) is 0 Å². The van der Waals surface area contributed by atoms with Crippen LogP contribution in [0.4, 0.5) is 0 Å². The highest BCUT2D eigenvalue weighted by atomic mass is 32.2. The zero-order chi connectivity index (χ0) is 20.3. The highest BCUT2D eigenvalue weighted by Crippen LogP contribution is 2.33. The van der Waals surface area contributed by atoms with Gasteiger partial charge in [-0.1, -0.05) is 0 Å². The Kier molecular flexibility index (Phi) is 6.77. The Bertz CT molecular complexity index is 935. The zero-order valence-corrected chi connectivity index (χ0v) is 17.9. The standard InChI is InChI=1S/C19H25N3O4S2/c1-10(2)20-15(23)8-26-19(25)11(3)27-9-14-21-17(24)16-12-6-4-5-7-13(12)28-18(16)22-14/h10-11H,4-9H2,1-3H3,(H,20,23)(H,21,22,24)/t11-/m0/s1. The summed E-state index contributed by atoms with van der Waals surface area (Å²) in [5.74, 6) is 0.165. The molecule has 0 radical (unpaired) electrons. The van der Waals surface area contributed by atoms with Crippen molar-refractivity contribution >= 4 is 45.2 Å². The molecule has 0 unspecified atom stereocenters. The van der Waals surface area contributed by atoms with Crippen LogP contribution in [0.25, 0.3) is 10.2 Å². The highest BCUT2D eigenvalue weighted by molar-refractivity contribution is 7.99. The van der Waals surface area contributed by atoms with Crippen LogP contribution < -0.4 is 10.9 Å². The summed E-state index contributed by atoms with van der Waals surface area (Å²) >= 11 is 2.93. The van der Waals surface area contributed by atoms with Crippen LogP contribution >= 0.6 is 23.1 Å². The normalized spacial score (nSPS) is 14.7. The molecule has 1 aliphatic carbocycles. The first kappa shape index (κ1) is 20.9. The van der Waals surface area contributed by atoms with Crippen molar-refractivity contribution in [2.24, 2.45) is 0 Å². The number of hydrogen-bond donors (Lipinski definition) is 2. The first-order valence-corrected chi connectivity index (χ1v) is 11.3. The molecule has 9 heteroatoms. The Labute approximate surface area is 171 Å². The fourth-order valence-corrected chi connectivity index (χ4v) is 5.20. The number of carbonyl (C=O) groups is 2. The number of amides is 1. The monoisotopic (exact) mass is 423 g/mol. The quantitative estimate of drug-likeness (QED) is 0.664. The van der Waals surface area contributed by atoms with E-state index >= 15 is 0 Å². The Hall–Kier alpha value is -1.87. The molecule has 0 aliphatic heterocycles. The average molecular weight is 424 g/mol. The summed E-state index contributed by atoms with van der Waals surface area (Å²) in [6, 6.07) is -0.00117. The van der Waals surface area contributed by atoms with Crippen LogP contribution in [0.1, 0.15) is 49.9 Å². The lowest BCUT2D eigenvalue weighted by molar-refractivity contribution is -0.147. The third kappa shape index (κ3) is 4.94. The van der Waals surface area contributed by atoms with Gasteiger partial charge in [0.1, 0.15) is 15.9 Å². The van der Waals surface area contributed by atoms with Gasteiger partial charge in [0.05, 0.1) is 11.1 Å². The Morgan fingerprint density at radius 2 is 2.04 bits per heavy atom. The second-order valence-electron chi connectivity index (χ2n) is 7.19. The van der Waals surface area contributed by atoms with Gasteiger partial charge in [-0.25, -0.2) is 4.98 Å². The van der Waals surface area contributed by atoms with E-state index in [2.05, 4.69) is 15.3 Å². The number of nitrogens with zero attached hydrogens (tertiary/aromatic N) is 1. The lowest BCUT2D eigenvalue weighted by Gasteiger charge is -2.12. The number of thiophene rings is 1. The second-order valence-corrected chi connectivity index (χ2v) is 9.60. The van der Waals surface area contributed by atoms with Gasteiger partial charge in [-0.15, -0.1) is 23.1 Å². The van der Waals surface area contributed by atoms with Crippen molar-refractivity contribution in [3.05, 3.63) is 26.6 Å².